The van der Waals surface area contributed by atoms with Gasteiger partial charge in [-0.05, 0) is 6.92 Å². The molecule has 0 aromatic carbocycles. The fourth-order valence-electron chi connectivity index (χ4n) is 1.48. The second-order valence-corrected chi connectivity index (χ2v) is 3.89. The summed E-state index contributed by atoms with van der Waals surface area (Å²) < 4.78 is 0. The lowest BCUT2D eigenvalue weighted by Gasteiger charge is -2.04. The van der Waals surface area contributed by atoms with Gasteiger partial charge in [0.25, 0.3) is 5.91 Å². The van der Waals surface area contributed by atoms with E-state index in [1.54, 1.807) is 6.92 Å². The first kappa shape index (κ1) is 11.9. The second-order valence-electron chi connectivity index (χ2n) is 3.89. The summed E-state index contributed by atoms with van der Waals surface area (Å²) in [6, 6.07) is 1.38. The third-order valence-corrected chi connectivity index (χ3v) is 2.49. The van der Waals surface area contributed by atoms with E-state index in [-0.39, 0.29) is 17.5 Å². The van der Waals surface area contributed by atoms with Crippen molar-refractivity contribution in [2.45, 2.75) is 13.5 Å². The molecule has 0 bridgehead atoms. The third kappa shape index (κ3) is 2.40. The Morgan fingerprint density at radius 2 is 2.33 bits per heavy atom. The fraction of sp³-hybridized carbons (Fsp3) is 0.182. The molecule has 2 aromatic rings. The highest BCUT2D eigenvalue weighted by Crippen LogP contribution is 2.05. The van der Waals surface area contributed by atoms with Crippen molar-refractivity contribution in [3.05, 3.63) is 45.5 Å². The topological polar surface area (TPSA) is 117 Å². The Balaban J connectivity index is 2.09. The Morgan fingerprint density at radius 3 is 2.94 bits per heavy atom. The predicted molar refractivity (Wildman–Crippen MR) is 66.0 cm³/mol. The van der Waals surface area contributed by atoms with Gasteiger partial charge in [0, 0.05) is 30.1 Å². The molecule has 5 N–H and O–H groups in total. The number of aromatic nitrogens is 3. The van der Waals surface area contributed by atoms with E-state index in [1.165, 1.54) is 18.5 Å². The van der Waals surface area contributed by atoms with Crippen LogP contribution in [-0.4, -0.2) is 21.1 Å². The number of nitrogens with one attached hydrogen (secondary N) is 3. The normalized spacial score (nSPS) is 10.3. The average molecular weight is 247 g/mol. The van der Waals surface area contributed by atoms with E-state index in [4.69, 9.17) is 5.73 Å². The van der Waals surface area contributed by atoms with Gasteiger partial charge in [0.05, 0.1) is 6.20 Å². The van der Waals surface area contributed by atoms with E-state index in [0.717, 1.165) is 0 Å². The zero-order chi connectivity index (χ0) is 13.1. The second kappa shape index (κ2) is 4.74. The molecule has 0 aliphatic heterocycles. The number of nitrogens with zero attached hydrogens (tertiary/aromatic N) is 1. The van der Waals surface area contributed by atoms with Crippen LogP contribution in [0.5, 0.6) is 0 Å². The van der Waals surface area contributed by atoms with E-state index in [9.17, 15) is 9.59 Å². The van der Waals surface area contributed by atoms with Crippen LogP contribution in [0, 0.1) is 6.92 Å². The number of hydrogen-bond donors (Lipinski definition) is 4. The molecular formula is C11H13N5O2. The summed E-state index contributed by atoms with van der Waals surface area (Å²) in [6.45, 7) is 1.96. The third-order valence-electron chi connectivity index (χ3n) is 2.49. The number of amides is 1. The van der Waals surface area contributed by atoms with E-state index in [2.05, 4.69) is 20.5 Å². The van der Waals surface area contributed by atoms with Crippen molar-refractivity contribution in [3.8, 4) is 0 Å². The van der Waals surface area contributed by atoms with Crippen molar-refractivity contribution in [2.75, 3.05) is 5.73 Å². The highest BCUT2D eigenvalue weighted by molar-refractivity contribution is 5.93. The molecule has 0 fully saturated rings. The van der Waals surface area contributed by atoms with Crippen LogP contribution in [0.15, 0.2) is 23.3 Å². The van der Waals surface area contributed by atoms with Crippen LogP contribution >= 0.6 is 0 Å². The zero-order valence-electron chi connectivity index (χ0n) is 9.78. The molecule has 0 atom stereocenters. The van der Waals surface area contributed by atoms with Crippen molar-refractivity contribution in [1.82, 2.24) is 20.5 Å². The van der Waals surface area contributed by atoms with Gasteiger partial charge >= 0.3 is 0 Å². The number of anilines is 1. The van der Waals surface area contributed by atoms with Gasteiger partial charge < -0.3 is 16.0 Å². The minimum absolute atomic E-state index is 0.0719. The smallest absolute Gasteiger partial charge is 0.257 e. The van der Waals surface area contributed by atoms with Crippen LogP contribution in [0.4, 0.5) is 5.82 Å². The first-order valence-corrected chi connectivity index (χ1v) is 5.33. The summed E-state index contributed by atoms with van der Waals surface area (Å²) >= 11 is 0. The number of hydrogen-bond acceptors (Lipinski definition) is 4. The van der Waals surface area contributed by atoms with Crippen LogP contribution in [0.2, 0.25) is 0 Å². The number of carbonyl (C=O) groups excluding carboxylic acids is 1. The number of pyridine rings is 1. The first-order chi connectivity index (χ1) is 8.58. The molecule has 7 heteroatoms. The maximum absolute atomic E-state index is 11.8. The SMILES string of the molecule is Cc1cc(=O)c(C(=O)NCc2cn[nH]c2N)c[nH]1. The lowest BCUT2D eigenvalue weighted by Crippen LogP contribution is -2.28. The van der Waals surface area contributed by atoms with Crippen molar-refractivity contribution < 1.29 is 4.79 Å². The van der Waals surface area contributed by atoms with E-state index in [0.29, 0.717) is 17.1 Å². The van der Waals surface area contributed by atoms with Crippen molar-refractivity contribution in [2.24, 2.45) is 0 Å². The molecule has 0 aliphatic rings. The van der Waals surface area contributed by atoms with Crippen LogP contribution in [0.25, 0.3) is 0 Å². The Hall–Kier alpha value is -2.57. The van der Waals surface area contributed by atoms with E-state index >= 15 is 0 Å². The summed E-state index contributed by atoms with van der Waals surface area (Å²) in [5.74, 6) is -0.0510. The number of carbonyl (C=O) groups is 1. The molecule has 0 aliphatic carbocycles. The molecule has 0 unspecified atom stereocenters. The maximum atomic E-state index is 11.8. The van der Waals surface area contributed by atoms with Gasteiger partial charge in [-0.3, -0.25) is 14.7 Å². The van der Waals surface area contributed by atoms with Gasteiger partial charge in [0.2, 0.25) is 0 Å². The Bertz CT molecular complexity index is 628. The van der Waals surface area contributed by atoms with Crippen molar-refractivity contribution in [3.63, 3.8) is 0 Å². The molecule has 18 heavy (non-hydrogen) atoms. The summed E-state index contributed by atoms with van der Waals surface area (Å²) in [5.41, 5.74) is 6.71. The van der Waals surface area contributed by atoms with Crippen LogP contribution in [-0.2, 0) is 6.54 Å². The monoisotopic (exact) mass is 247 g/mol. The zero-order valence-corrected chi connectivity index (χ0v) is 9.78. The predicted octanol–water partition coefficient (Wildman–Crippen LogP) is -0.0814. The minimum atomic E-state index is -0.447. The Morgan fingerprint density at radius 1 is 1.56 bits per heavy atom. The first-order valence-electron chi connectivity index (χ1n) is 5.33. The maximum Gasteiger partial charge on any atom is 0.257 e. The summed E-state index contributed by atoms with van der Waals surface area (Å²) in [6.07, 6.45) is 2.92. The summed E-state index contributed by atoms with van der Waals surface area (Å²) in [4.78, 5) is 26.2. The molecule has 0 saturated carbocycles. The largest absolute Gasteiger partial charge is 0.384 e. The Kier molecular flexibility index (Phi) is 3.13. The number of nitrogens with two attached hydrogens (primary N) is 1. The van der Waals surface area contributed by atoms with Gasteiger partial charge in [0.15, 0.2) is 5.43 Å². The molecule has 0 saturated heterocycles. The Labute approximate surface area is 102 Å². The van der Waals surface area contributed by atoms with Gasteiger partial charge in [-0.1, -0.05) is 0 Å². The molecule has 1 amide bonds. The van der Waals surface area contributed by atoms with Gasteiger partial charge in [-0.25, -0.2) is 0 Å². The number of aryl methyl sites for hydroxylation is 1. The van der Waals surface area contributed by atoms with Crippen molar-refractivity contribution >= 4 is 11.7 Å². The van der Waals surface area contributed by atoms with Gasteiger partial charge in [-0.15, -0.1) is 0 Å². The number of H-pyrrole nitrogens is 2. The number of rotatable bonds is 3. The molecule has 0 radical (unpaired) electrons. The van der Waals surface area contributed by atoms with E-state index < -0.39 is 5.91 Å². The molecule has 2 aromatic heterocycles. The highest BCUT2D eigenvalue weighted by atomic mass is 16.2. The van der Waals surface area contributed by atoms with Crippen LogP contribution < -0.4 is 16.5 Å². The standard InChI is InChI=1S/C11H13N5O2/c1-6-2-9(17)8(5-13-6)11(18)14-3-7-4-15-16-10(7)12/h2,4-5H,3H2,1H3,(H,13,17)(H,14,18)(H3,12,15,16). The van der Waals surface area contributed by atoms with Gasteiger partial charge in [0.1, 0.15) is 11.4 Å². The summed E-state index contributed by atoms with van der Waals surface area (Å²) in [7, 11) is 0. The highest BCUT2D eigenvalue weighted by Gasteiger charge is 2.10. The van der Waals surface area contributed by atoms with Gasteiger partial charge in [-0.2, -0.15) is 5.10 Å². The average Bonchev–Trinajstić information content (AvgIpc) is 2.72. The quantitative estimate of drug-likeness (QED) is 0.606. The fourth-order valence-corrected chi connectivity index (χ4v) is 1.48. The lowest BCUT2D eigenvalue weighted by molar-refractivity contribution is 0.0949. The molecule has 2 rings (SSSR count). The molecule has 7 nitrogen and oxygen atoms in total. The molecule has 94 valence electrons. The number of aromatic amines is 2. The molecule has 2 heterocycles. The van der Waals surface area contributed by atoms with Crippen molar-refractivity contribution in [1.29, 1.82) is 0 Å². The molecular weight excluding hydrogens is 234 g/mol. The number of nitrogen functional groups attached to an aromatic ring is 1. The lowest BCUT2D eigenvalue weighted by atomic mass is 10.2. The van der Waals surface area contributed by atoms with Crippen LogP contribution in [0.3, 0.4) is 0 Å². The van der Waals surface area contributed by atoms with Crippen LogP contribution in [0.1, 0.15) is 21.6 Å². The van der Waals surface area contributed by atoms with E-state index in [1.807, 2.05) is 0 Å². The minimum Gasteiger partial charge on any atom is -0.384 e. The molecule has 0 spiro atoms. The summed E-state index contributed by atoms with van der Waals surface area (Å²) in [5, 5.41) is 8.90.